The highest BCUT2D eigenvalue weighted by atomic mass is 35.5. The number of hydrogen-bond acceptors (Lipinski definition) is 3. The predicted molar refractivity (Wildman–Crippen MR) is 78.9 cm³/mol. The number of amides is 1. The summed E-state index contributed by atoms with van der Waals surface area (Å²) in [6.45, 7) is 0.266. The highest BCUT2D eigenvalue weighted by Gasteiger charge is 2.39. The molecule has 1 fully saturated rings. The van der Waals surface area contributed by atoms with Crippen molar-refractivity contribution in [2.24, 2.45) is 5.73 Å². The largest absolute Gasteiger partial charge is 0.467 e. The van der Waals surface area contributed by atoms with Crippen molar-refractivity contribution in [3.05, 3.63) is 59.3 Å². The van der Waals surface area contributed by atoms with Crippen LogP contribution in [0.15, 0.2) is 41.0 Å². The van der Waals surface area contributed by atoms with Gasteiger partial charge in [-0.25, -0.2) is 4.39 Å². The lowest BCUT2D eigenvalue weighted by atomic mass is 10.1. The van der Waals surface area contributed by atoms with Crippen LogP contribution in [0.3, 0.4) is 0 Å². The summed E-state index contributed by atoms with van der Waals surface area (Å²) in [6, 6.07) is 8.19. The number of furan rings is 1. The molecule has 3 N–H and O–H groups in total. The van der Waals surface area contributed by atoms with Gasteiger partial charge in [-0.05, 0) is 30.2 Å². The first-order chi connectivity index (χ1) is 9.67. The maximum atomic E-state index is 13.1. The first kappa shape index (κ1) is 15.5. The molecule has 1 amide bonds. The summed E-state index contributed by atoms with van der Waals surface area (Å²) in [5.74, 6) is 0.336. The quantitative estimate of drug-likeness (QED) is 0.912. The van der Waals surface area contributed by atoms with Crippen molar-refractivity contribution < 1.29 is 13.6 Å². The van der Waals surface area contributed by atoms with Gasteiger partial charge in [-0.15, -0.1) is 12.4 Å². The van der Waals surface area contributed by atoms with Crippen molar-refractivity contribution in [3.8, 4) is 0 Å². The minimum atomic E-state index is -0.248. The number of rotatable bonds is 4. The number of carbonyl (C=O) groups excluding carboxylic acids is 1. The third kappa shape index (κ3) is 3.43. The van der Waals surface area contributed by atoms with E-state index in [2.05, 4.69) is 5.32 Å². The van der Waals surface area contributed by atoms with E-state index in [-0.39, 0.29) is 42.6 Å². The molecular weight excluding hydrogens is 295 g/mol. The first-order valence-corrected chi connectivity index (χ1v) is 6.51. The summed E-state index contributed by atoms with van der Waals surface area (Å²) >= 11 is 0. The Kier molecular flexibility index (Phi) is 4.65. The van der Waals surface area contributed by atoms with Crippen molar-refractivity contribution in [2.45, 2.75) is 24.9 Å². The number of halogens is 2. The third-order valence-electron chi connectivity index (χ3n) is 3.50. The van der Waals surface area contributed by atoms with Gasteiger partial charge in [0.05, 0.1) is 12.1 Å². The van der Waals surface area contributed by atoms with E-state index in [1.54, 1.807) is 12.1 Å². The van der Waals surface area contributed by atoms with Crippen LogP contribution in [0.25, 0.3) is 0 Å². The molecule has 4 nitrogen and oxygen atoms in total. The summed E-state index contributed by atoms with van der Waals surface area (Å²) < 4.78 is 18.3. The second-order valence-corrected chi connectivity index (χ2v) is 4.98. The van der Waals surface area contributed by atoms with E-state index in [1.165, 1.54) is 18.4 Å². The normalized spacial score (nSPS) is 19.7. The molecule has 21 heavy (non-hydrogen) atoms. The van der Waals surface area contributed by atoms with Crippen molar-refractivity contribution in [1.29, 1.82) is 0 Å². The van der Waals surface area contributed by atoms with Crippen LogP contribution in [0.4, 0.5) is 4.39 Å². The average Bonchev–Trinajstić information content (AvgIpc) is 3.03. The van der Waals surface area contributed by atoms with Crippen molar-refractivity contribution >= 4 is 18.3 Å². The zero-order chi connectivity index (χ0) is 14.1. The molecule has 1 saturated carbocycles. The Balaban J connectivity index is 0.00000161. The number of hydrogen-bond donors (Lipinski definition) is 2. The van der Waals surface area contributed by atoms with E-state index in [1.807, 2.05) is 6.07 Å². The molecule has 1 heterocycles. The second kappa shape index (κ2) is 6.28. The number of carbonyl (C=O) groups is 1. The van der Waals surface area contributed by atoms with E-state index < -0.39 is 0 Å². The molecule has 0 aliphatic heterocycles. The van der Waals surface area contributed by atoms with Gasteiger partial charge < -0.3 is 15.5 Å². The minimum absolute atomic E-state index is 0. The molecule has 1 aliphatic rings. The van der Waals surface area contributed by atoms with Gasteiger partial charge in [0.25, 0.3) is 5.91 Å². The molecule has 6 heteroatoms. The van der Waals surface area contributed by atoms with Crippen LogP contribution in [-0.2, 0) is 6.54 Å². The lowest BCUT2D eigenvalue weighted by Gasteiger charge is -2.03. The molecule has 0 saturated heterocycles. The SMILES string of the molecule is Cl.NCc1cc(C(=O)NC2CC2c2cccc(F)c2)co1. The molecule has 0 bridgehead atoms. The van der Waals surface area contributed by atoms with Crippen molar-refractivity contribution in [2.75, 3.05) is 0 Å². The van der Waals surface area contributed by atoms with Crippen LogP contribution < -0.4 is 11.1 Å². The van der Waals surface area contributed by atoms with Crippen molar-refractivity contribution in [1.82, 2.24) is 5.32 Å². The monoisotopic (exact) mass is 310 g/mol. The van der Waals surface area contributed by atoms with Gasteiger partial charge in [-0.2, -0.15) is 0 Å². The maximum absolute atomic E-state index is 13.1. The molecule has 0 spiro atoms. The third-order valence-corrected chi connectivity index (χ3v) is 3.50. The highest BCUT2D eigenvalue weighted by Crippen LogP contribution is 2.41. The van der Waals surface area contributed by atoms with Crippen LogP contribution in [-0.4, -0.2) is 11.9 Å². The van der Waals surface area contributed by atoms with Gasteiger partial charge in [-0.3, -0.25) is 4.79 Å². The Morgan fingerprint density at radius 2 is 2.24 bits per heavy atom. The molecule has 1 aliphatic carbocycles. The van der Waals surface area contributed by atoms with E-state index in [9.17, 15) is 9.18 Å². The molecule has 3 rings (SSSR count). The fraction of sp³-hybridized carbons (Fsp3) is 0.267. The molecule has 1 aromatic heterocycles. The summed E-state index contributed by atoms with van der Waals surface area (Å²) in [5, 5.41) is 2.91. The number of benzene rings is 1. The first-order valence-electron chi connectivity index (χ1n) is 6.51. The van der Waals surface area contributed by atoms with Gasteiger partial charge in [-0.1, -0.05) is 12.1 Å². The highest BCUT2D eigenvalue weighted by molar-refractivity contribution is 5.94. The predicted octanol–water partition coefficient (Wildman–Crippen LogP) is 2.59. The molecule has 2 atom stereocenters. The van der Waals surface area contributed by atoms with Gasteiger partial charge in [0.2, 0.25) is 0 Å². The standard InChI is InChI=1S/C15H15FN2O2.ClH/c16-11-3-1-2-9(4-11)13-6-14(13)18-15(19)10-5-12(7-17)20-8-10;/h1-5,8,13-14H,6-7,17H2,(H,18,19);1H. The Hall–Kier alpha value is -1.85. The average molecular weight is 311 g/mol. The van der Waals surface area contributed by atoms with Gasteiger partial charge in [0, 0.05) is 12.0 Å². The Bertz CT molecular complexity index is 644. The molecule has 0 radical (unpaired) electrons. The summed E-state index contributed by atoms with van der Waals surface area (Å²) in [7, 11) is 0. The smallest absolute Gasteiger partial charge is 0.254 e. The summed E-state index contributed by atoms with van der Waals surface area (Å²) in [6.07, 6.45) is 2.23. The molecule has 2 unspecified atom stereocenters. The Morgan fingerprint density at radius 3 is 2.90 bits per heavy atom. The van der Waals surface area contributed by atoms with Crippen LogP contribution in [0.5, 0.6) is 0 Å². The number of nitrogens with two attached hydrogens (primary N) is 1. The lowest BCUT2D eigenvalue weighted by molar-refractivity contribution is 0.0949. The molecule has 112 valence electrons. The topological polar surface area (TPSA) is 68.3 Å². The second-order valence-electron chi connectivity index (χ2n) is 4.98. The maximum Gasteiger partial charge on any atom is 0.254 e. The van der Waals surface area contributed by atoms with E-state index in [0.717, 1.165) is 12.0 Å². The van der Waals surface area contributed by atoms with Crippen LogP contribution in [0.1, 0.15) is 34.0 Å². The van der Waals surface area contributed by atoms with E-state index in [0.29, 0.717) is 11.3 Å². The fourth-order valence-corrected chi connectivity index (χ4v) is 2.32. The van der Waals surface area contributed by atoms with Gasteiger partial charge >= 0.3 is 0 Å². The molecule has 1 aromatic carbocycles. The van der Waals surface area contributed by atoms with Crippen LogP contribution in [0, 0.1) is 5.82 Å². The van der Waals surface area contributed by atoms with E-state index >= 15 is 0 Å². The van der Waals surface area contributed by atoms with Crippen molar-refractivity contribution in [3.63, 3.8) is 0 Å². The lowest BCUT2D eigenvalue weighted by Crippen LogP contribution is -2.26. The van der Waals surface area contributed by atoms with E-state index in [4.69, 9.17) is 10.2 Å². The summed E-state index contributed by atoms with van der Waals surface area (Å²) in [5.41, 5.74) is 6.82. The summed E-state index contributed by atoms with van der Waals surface area (Å²) in [4.78, 5) is 12.0. The molecular formula is C15H16ClFN2O2. The van der Waals surface area contributed by atoms with Gasteiger partial charge in [0.15, 0.2) is 0 Å². The Morgan fingerprint density at radius 1 is 1.43 bits per heavy atom. The van der Waals surface area contributed by atoms with Gasteiger partial charge in [0.1, 0.15) is 17.8 Å². The fourth-order valence-electron chi connectivity index (χ4n) is 2.32. The Labute approximate surface area is 127 Å². The minimum Gasteiger partial charge on any atom is -0.467 e. The zero-order valence-corrected chi connectivity index (χ0v) is 12.0. The number of nitrogens with one attached hydrogen (secondary N) is 1. The molecule has 2 aromatic rings. The van der Waals surface area contributed by atoms with Crippen LogP contribution in [0.2, 0.25) is 0 Å². The zero-order valence-electron chi connectivity index (χ0n) is 11.2. The van der Waals surface area contributed by atoms with Crippen LogP contribution >= 0.6 is 12.4 Å².